The van der Waals surface area contributed by atoms with Crippen LogP contribution in [0.15, 0.2) is 47.6 Å². The van der Waals surface area contributed by atoms with Gasteiger partial charge < -0.3 is 9.47 Å². The number of Topliss-reactive ketones (excluding diaryl/α,β-unsaturated/α-hetero) is 1. The number of hydrogen-bond donors (Lipinski definition) is 0. The second kappa shape index (κ2) is 8.88. The van der Waals surface area contributed by atoms with E-state index in [4.69, 9.17) is 9.47 Å². The first-order valence-electron chi connectivity index (χ1n) is 7.37. The molecule has 0 fully saturated rings. The van der Waals surface area contributed by atoms with E-state index < -0.39 is 17.9 Å². The number of allylic oxidation sites excluding steroid dienone is 6. The smallest absolute Gasteiger partial charge is 0.341 e. The van der Waals surface area contributed by atoms with Gasteiger partial charge in [0.25, 0.3) is 0 Å². The molecule has 23 heavy (non-hydrogen) atoms. The van der Waals surface area contributed by atoms with Crippen molar-refractivity contribution < 1.29 is 23.9 Å². The van der Waals surface area contributed by atoms with E-state index in [2.05, 4.69) is 0 Å². The fourth-order valence-electron chi connectivity index (χ4n) is 2.63. The van der Waals surface area contributed by atoms with Crippen molar-refractivity contribution in [3.8, 4) is 0 Å². The summed E-state index contributed by atoms with van der Waals surface area (Å²) in [5.74, 6) is -2.62. The van der Waals surface area contributed by atoms with Crippen LogP contribution in [-0.4, -0.2) is 31.9 Å². The quantitative estimate of drug-likeness (QED) is 0.337. The molecule has 1 aliphatic rings. The maximum Gasteiger partial charge on any atom is 0.341 e. The van der Waals surface area contributed by atoms with Crippen molar-refractivity contribution in [1.29, 1.82) is 0 Å². The SMILES string of the molecule is C/C=C/C=C/C1=C(C(=O)OC)C(=O)C[C@H](/C=C/C)[C@@H]1C(=O)OC. The van der Waals surface area contributed by atoms with Crippen LogP contribution < -0.4 is 0 Å². The number of hydrogen-bond acceptors (Lipinski definition) is 5. The van der Waals surface area contributed by atoms with Crippen LogP contribution in [-0.2, 0) is 23.9 Å². The van der Waals surface area contributed by atoms with E-state index in [1.165, 1.54) is 14.2 Å². The molecule has 124 valence electrons. The third-order valence-corrected chi connectivity index (χ3v) is 3.62. The normalized spacial score (nSPS) is 22.3. The molecule has 0 aromatic heterocycles. The minimum atomic E-state index is -0.733. The Kier molecular flexibility index (Phi) is 7.19. The number of carbonyl (C=O) groups excluding carboxylic acids is 3. The molecule has 1 rings (SSSR count). The molecule has 0 aliphatic heterocycles. The van der Waals surface area contributed by atoms with Crippen molar-refractivity contribution in [1.82, 2.24) is 0 Å². The molecule has 0 amide bonds. The molecular weight excluding hydrogens is 296 g/mol. The van der Waals surface area contributed by atoms with Gasteiger partial charge in [-0.2, -0.15) is 0 Å². The Balaban J connectivity index is 3.56. The molecule has 0 spiro atoms. The molecule has 0 aromatic carbocycles. The average molecular weight is 318 g/mol. The van der Waals surface area contributed by atoms with Crippen molar-refractivity contribution in [2.75, 3.05) is 14.2 Å². The van der Waals surface area contributed by atoms with Crippen LogP contribution in [0.25, 0.3) is 0 Å². The summed E-state index contributed by atoms with van der Waals surface area (Å²) in [5.41, 5.74) is 0.255. The van der Waals surface area contributed by atoms with Gasteiger partial charge >= 0.3 is 11.9 Å². The van der Waals surface area contributed by atoms with Gasteiger partial charge in [-0.3, -0.25) is 9.59 Å². The predicted octanol–water partition coefficient (Wildman–Crippen LogP) is 2.54. The van der Waals surface area contributed by atoms with Gasteiger partial charge in [0, 0.05) is 12.3 Å². The van der Waals surface area contributed by atoms with Gasteiger partial charge in [-0.1, -0.05) is 36.5 Å². The van der Waals surface area contributed by atoms with E-state index in [0.29, 0.717) is 5.57 Å². The monoisotopic (exact) mass is 318 g/mol. The highest BCUT2D eigenvalue weighted by Crippen LogP contribution is 2.36. The Labute approximate surface area is 136 Å². The fourth-order valence-corrected chi connectivity index (χ4v) is 2.63. The highest BCUT2D eigenvalue weighted by Gasteiger charge is 2.41. The van der Waals surface area contributed by atoms with Crippen molar-refractivity contribution in [2.45, 2.75) is 20.3 Å². The topological polar surface area (TPSA) is 69.7 Å². The van der Waals surface area contributed by atoms with E-state index in [1.807, 2.05) is 13.8 Å². The molecule has 0 unspecified atom stereocenters. The average Bonchev–Trinajstić information content (AvgIpc) is 2.54. The molecule has 0 saturated carbocycles. The summed E-state index contributed by atoms with van der Waals surface area (Å²) in [6.45, 7) is 3.65. The lowest BCUT2D eigenvalue weighted by Crippen LogP contribution is -2.35. The van der Waals surface area contributed by atoms with Gasteiger partial charge in [0.15, 0.2) is 5.78 Å². The largest absolute Gasteiger partial charge is 0.469 e. The van der Waals surface area contributed by atoms with Crippen molar-refractivity contribution in [3.05, 3.63) is 47.6 Å². The highest BCUT2D eigenvalue weighted by atomic mass is 16.5. The summed E-state index contributed by atoms with van der Waals surface area (Å²) in [6.07, 6.45) is 10.5. The molecule has 0 saturated heterocycles. The van der Waals surface area contributed by atoms with Crippen molar-refractivity contribution in [3.63, 3.8) is 0 Å². The molecule has 2 atom stereocenters. The van der Waals surface area contributed by atoms with Gasteiger partial charge in [-0.05, 0) is 19.4 Å². The lowest BCUT2D eigenvalue weighted by molar-refractivity contribution is -0.145. The van der Waals surface area contributed by atoms with Crippen LogP contribution in [0.4, 0.5) is 0 Å². The zero-order valence-corrected chi connectivity index (χ0v) is 13.9. The van der Waals surface area contributed by atoms with Crippen molar-refractivity contribution in [2.24, 2.45) is 11.8 Å². The number of carbonyl (C=O) groups is 3. The second-order valence-electron chi connectivity index (χ2n) is 5.02. The number of rotatable bonds is 5. The number of methoxy groups -OCH3 is 2. The molecule has 0 N–H and O–H groups in total. The Hall–Kier alpha value is -2.43. The molecule has 5 nitrogen and oxygen atoms in total. The van der Waals surface area contributed by atoms with Gasteiger partial charge in [0.05, 0.1) is 20.1 Å². The first-order valence-corrected chi connectivity index (χ1v) is 7.37. The minimum Gasteiger partial charge on any atom is -0.469 e. The molecule has 0 bridgehead atoms. The first-order chi connectivity index (χ1) is 11.0. The maximum absolute atomic E-state index is 12.4. The minimum absolute atomic E-state index is 0.0650. The van der Waals surface area contributed by atoms with E-state index in [1.54, 1.807) is 36.5 Å². The van der Waals surface area contributed by atoms with Crippen LogP contribution >= 0.6 is 0 Å². The Morgan fingerprint density at radius 1 is 1.09 bits per heavy atom. The predicted molar refractivity (Wildman–Crippen MR) is 86.4 cm³/mol. The van der Waals surface area contributed by atoms with Crippen LogP contribution in [0, 0.1) is 11.8 Å². The third kappa shape index (κ3) is 4.28. The van der Waals surface area contributed by atoms with Crippen LogP contribution in [0.3, 0.4) is 0 Å². The Morgan fingerprint density at radius 2 is 1.78 bits per heavy atom. The summed E-state index contributed by atoms with van der Waals surface area (Å²) in [5, 5.41) is 0. The Morgan fingerprint density at radius 3 is 2.30 bits per heavy atom. The summed E-state index contributed by atoms with van der Waals surface area (Å²) in [4.78, 5) is 36.7. The summed E-state index contributed by atoms with van der Waals surface area (Å²) in [7, 11) is 2.50. The van der Waals surface area contributed by atoms with Gasteiger partial charge in [-0.25, -0.2) is 4.79 Å². The summed E-state index contributed by atoms with van der Waals surface area (Å²) >= 11 is 0. The molecule has 1 aliphatic carbocycles. The zero-order valence-electron chi connectivity index (χ0n) is 13.9. The lowest BCUT2D eigenvalue weighted by Gasteiger charge is -2.29. The van der Waals surface area contributed by atoms with E-state index in [9.17, 15) is 14.4 Å². The van der Waals surface area contributed by atoms with E-state index in [0.717, 1.165) is 0 Å². The van der Waals surface area contributed by atoms with E-state index >= 15 is 0 Å². The Bertz CT molecular complexity index is 593. The van der Waals surface area contributed by atoms with Crippen molar-refractivity contribution >= 4 is 17.7 Å². The number of ether oxygens (including phenoxy) is 2. The van der Waals surface area contributed by atoms with Crippen LogP contribution in [0.5, 0.6) is 0 Å². The number of esters is 2. The number of ketones is 1. The maximum atomic E-state index is 12.4. The fraction of sp³-hybridized carbons (Fsp3) is 0.389. The summed E-state index contributed by atoms with van der Waals surface area (Å²) < 4.78 is 9.59. The first kappa shape index (κ1) is 18.6. The molecule has 0 radical (unpaired) electrons. The standard InChI is InChI=1S/C18H22O5/c1-5-7-8-10-13-15(17(20)22-3)12(9-6-2)11-14(19)16(13)18(21)23-4/h5-10,12,15H,11H2,1-4H3/b7-5+,9-6+,10-8+/t12-,15-/m0/s1. The second-order valence-corrected chi connectivity index (χ2v) is 5.02. The lowest BCUT2D eigenvalue weighted by atomic mass is 9.73. The van der Waals surface area contributed by atoms with Gasteiger partial charge in [-0.15, -0.1) is 0 Å². The molecule has 5 heteroatoms. The van der Waals surface area contributed by atoms with E-state index in [-0.39, 0.29) is 23.7 Å². The van der Waals surface area contributed by atoms with Gasteiger partial charge in [0.2, 0.25) is 0 Å². The highest BCUT2D eigenvalue weighted by molar-refractivity contribution is 6.19. The zero-order chi connectivity index (χ0) is 17.4. The van der Waals surface area contributed by atoms with Crippen LogP contribution in [0.2, 0.25) is 0 Å². The summed E-state index contributed by atoms with van der Waals surface area (Å²) in [6, 6.07) is 0. The van der Waals surface area contributed by atoms with Gasteiger partial charge in [0.1, 0.15) is 5.57 Å². The van der Waals surface area contributed by atoms with Crippen LogP contribution in [0.1, 0.15) is 20.3 Å². The molecular formula is C18H22O5. The third-order valence-electron chi connectivity index (χ3n) is 3.62. The molecule has 0 heterocycles. The molecule has 0 aromatic rings.